The van der Waals surface area contributed by atoms with Gasteiger partial charge in [0, 0.05) is 6.54 Å². The van der Waals surface area contributed by atoms with Crippen molar-refractivity contribution in [1.29, 1.82) is 0 Å². The lowest BCUT2D eigenvalue weighted by atomic mass is 10.1. The van der Waals surface area contributed by atoms with Gasteiger partial charge in [-0.05, 0) is 55.8 Å². The molecular formula is C19H22ClNO4S. The van der Waals surface area contributed by atoms with Gasteiger partial charge in [0.2, 0.25) is 0 Å². The zero-order chi connectivity index (χ0) is 19.3. The van der Waals surface area contributed by atoms with Crippen LogP contribution in [0.4, 0.5) is 4.79 Å². The van der Waals surface area contributed by atoms with Crippen LogP contribution in [0.5, 0.6) is 11.5 Å². The number of thioether (sulfide) groups is 1. The first-order valence-electron chi connectivity index (χ1n) is 8.40. The summed E-state index contributed by atoms with van der Waals surface area (Å²) in [5.74, 6) is 0.658. The van der Waals surface area contributed by atoms with E-state index in [0.717, 1.165) is 23.1 Å². The van der Waals surface area contributed by atoms with Gasteiger partial charge in [-0.1, -0.05) is 24.6 Å². The number of halogens is 1. The SMILES string of the molecule is C=CCN1C(=O)S/C(=C/c2cc(Cl)c(O[C@H](C)CC)c(OCC)c2)C1=O. The quantitative estimate of drug-likeness (QED) is 0.450. The molecule has 1 aliphatic rings. The third kappa shape index (κ3) is 4.62. The van der Waals surface area contributed by atoms with Gasteiger partial charge in [-0.15, -0.1) is 6.58 Å². The molecule has 140 valence electrons. The molecule has 7 heteroatoms. The van der Waals surface area contributed by atoms with Gasteiger partial charge < -0.3 is 9.47 Å². The Morgan fingerprint density at radius 3 is 2.69 bits per heavy atom. The zero-order valence-electron chi connectivity index (χ0n) is 15.1. The van der Waals surface area contributed by atoms with E-state index in [1.807, 2.05) is 20.8 Å². The lowest BCUT2D eigenvalue weighted by Gasteiger charge is -2.18. The van der Waals surface area contributed by atoms with Crippen molar-refractivity contribution in [2.75, 3.05) is 13.2 Å². The minimum atomic E-state index is -0.339. The minimum Gasteiger partial charge on any atom is -0.490 e. The van der Waals surface area contributed by atoms with Crippen molar-refractivity contribution < 1.29 is 19.1 Å². The third-order valence-corrected chi connectivity index (χ3v) is 4.90. The predicted octanol–water partition coefficient (Wildman–Crippen LogP) is 5.14. The molecule has 1 heterocycles. The second-order valence-electron chi connectivity index (χ2n) is 5.68. The van der Waals surface area contributed by atoms with E-state index < -0.39 is 0 Å². The third-order valence-electron chi connectivity index (χ3n) is 3.71. The molecule has 26 heavy (non-hydrogen) atoms. The maximum Gasteiger partial charge on any atom is 0.293 e. The van der Waals surface area contributed by atoms with Crippen LogP contribution in [0.2, 0.25) is 5.02 Å². The number of amides is 2. The Labute approximate surface area is 163 Å². The first-order valence-corrected chi connectivity index (χ1v) is 9.59. The van der Waals surface area contributed by atoms with Gasteiger partial charge in [-0.25, -0.2) is 0 Å². The van der Waals surface area contributed by atoms with E-state index in [-0.39, 0.29) is 23.8 Å². The van der Waals surface area contributed by atoms with Crippen LogP contribution in [0.15, 0.2) is 29.7 Å². The van der Waals surface area contributed by atoms with Crippen LogP contribution in [-0.4, -0.2) is 35.3 Å². The number of benzene rings is 1. The maximum atomic E-state index is 12.3. The second-order valence-corrected chi connectivity index (χ2v) is 7.08. The highest BCUT2D eigenvalue weighted by Crippen LogP contribution is 2.39. The number of nitrogens with zero attached hydrogens (tertiary/aromatic N) is 1. The fourth-order valence-electron chi connectivity index (χ4n) is 2.27. The van der Waals surface area contributed by atoms with Gasteiger partial charge in [0.15, 0.2) is 11.5 Å². The summed E-state index contributed by atoms with van der Waals surface area (Å²) in [6.07, 6.45) is 3.98. The van der Waals surface area contributed by atoms with Gasteiger partial charge in [0.1, 0.15) is 0 Å². The van der Waals surface area contributed by atoms with Gasteiger partial charge in [-0.2, -0.15) is 0 Å². The van der Waals surface area contributed by atoms with Crippen LogP contribution in [0.1, 0.15) is 32.8 Å². The molecule has 2 amide bonds. The number of carbonyl (C=O) groups excluding carboxylic acids is 2. The van der Waals surface area contributed by atoms with Crippen LogP contribution in [0.3, 0.4) is 0 Å². The van der Waals surface area contributed by atoms with Gasteiger partial charge >= 0.3 is 0 Å². The maximum absolute atomic E-state index is 12.3. The van der Waals surface area contributed by atoms with Crippen molar-refractivity contribution in [2.45, 2.75) is 33.3 Å². The summed E-state index contributed by atoms with van der Waals surface area (Å²) >= 11 is 7.28. The summed E-state index contributed by atoms with van der Waals surface area (Å²) in [5, 5.41) is 0.0850. The van der Waals surface area contributed by atoms with E-state index in [4.69, 9.17) is 21.1 Å². The monoisotopic (exact) mass is 395 g/mol. The summed E-state index contributed by atoms with van der Waals surface area (Å²) in [5.41, 5.74) is 0.666. The van der Waals surface area contributed by atoms with Crippen molar-refractivity contribution in [3.05, 3.63) is 40.3 Å². The van der Waals surface area contributed by atoms with E-state index in [1.165, 1.54) is 6.08 Å². The molecular weight excluding hydrogens is 374 g/mol. The number of carbonyl (C=O) groups is 2. The highest BCUT2D eigenvalue weighted by molar-refractivity contribution is 8.18. The molecule has 0 N–H and O–H groups in total. The molecule has 1 atom stereocenters. The summed E-state index contributed by atoms with van der Waals surface area (Å²) in [6.45, 7) is 10.0. The molecule has 1 fully saturated rings. The van der Waals surface area contributed by atoms with E-state index >= 15 is 0 Å². The average molecular weight is 396 g/mol. The van der Waals surface area contributed by atoms with Gasteiger partial charge in [-0.3, -0.25) is 14.5 Å². The van der Waals surface area contributed by atoms with Gasteiger partial charge in [0.05, 0.1) is 22.6 Å². The average Bonchev–Trinajstić information content (AvgIpc) is 2.86. The normalized spacial score (nSPS) is 16.9. The highest BCUT2D eigenvalue weighted by Gasteiger charge is 2.34. The number of ether oxygens (including phenoxy) is 2. The minimum absolute atomic E-state index is 0.00652. The fraction of sp³-hybridized carbons (Fsp3) is 0.368. The molecule has 0 saturated carbocycles. The summed E-state index contributed by atoms with van der Waals surface area (Å²) in [4.78, 5) is 25.8. The molecule has 0 spiro atoms. The van der Waals surface area contributed by atoms with Crippen molar-refractivity contribution in [3.8, 4) is 11.5 Å². The fourth-order valence-corrected chi connectivity index (χ4v) is 3.38. The molecule has 0 unspecified atom stereocenters. The second kappa shape index (κ2) is 9.14. The van der Waals surface area contributed by atoms with Crippen LogP contribution in [0.25, 0.3) is 6.08 Å². The largest absolute Gasteiger partial charge is 0.490 e. The van der Waals surface area contributed by atoms with Crippen LogP contribution in [-0.2, 0) is 4.79 Å². The number of imide groups is 1. The molecule has 1 aromatic carbocycles. The Morgan fingerprint density at radius 1 is 1.35 bits per heavy atom. The number of hydrogen-bond acceptors (Lipinski definition) is 5. The Bertz CT molecular complexity index is 747. The standard InChI is InChI=1S/C19H22ClNO4S/c1-5-8-21-18(22)16(26-19(21)23)11-13-9-14(20)17(25-12(4)6-2)15(10-13)24-7-3/h5,9-12H,1,6-8H2,2-4H3/b16-11+/t12-/m1/s1. The summed E-state index contributed by atoms with van der Waals surface area (Å²) in [6, 6.07) is 3.46. The zero-order valence-corrected chi connectivity index (χ0v) is 16.7. The number of hydrogen-bond donors (Lipinski definition) is 0. The van der Waals surface area contributed by atoms with E-state index in [0.29, 0.717) is 33.6 Å². The topological polar surface area (TPSA) is 55.8 Å². The smallest absolute Gasteiger partial charge is 0.293 e. The molecule has 0 aromatic heterocycles. The van der Waals surface area contributed by atoms with E-state index in [2.05, 4.69) is 6.58 Å². The summed E-state index contributed by atoms with van der Waals surface area (Å²) < 4.78 is 11.5. The first-order chi connectivity index (χ1) is 12.4. The summed E-state index contributed by atoms with van der Waals surface area (Å²) in [7, 11) is 0. The predicted molar refractivity (Wildman–Crippen MR) is 106 cm³/mol. The van der Waals surface area contributed by atoms with E-state index in [9.17, 15) is 9.59 Å². The Kier molecular flexibility index (Phi) is 7.17. The number of rotatable bonds is 8. The van der Waals surface area contributed by atoms with Crippen molar-refractivity contribution in [3.63, 3.8) is 0 Å². The van der Waals surface area contributed by atoms with Crippen LogP contribution < -0.4 is 9.47 Å². The molecule has 0 bridgehead atoms. The van der Waals surface area contributed by atoms with Crippen LogP contribution >= 0.6 is 23.4 Å². The lowest BCUT2D eigenvalue weighted by Crippen LogP contribution is -2.27. The highest BCUT2D eigenvalue weighted by atomic mass is 35.5. The van der Waals surface area contributed by atoms with Crippen molar-refractivity contribution in [2.24, 2.45) is 0 Å². The molecule has 1 aromatic rings. The Hall–Kier alpha value is -1.92. The Balaban J connectivity index is 2.37. The van der Waals surface area contributed by atoms with Crippen LogP contribution in [0, 0.1) is 0 Å². The molecule has 5 nitrogen and oxygen atoms in total. The molecule has 2 rings (SSSR count). The lowest BCUT2D eigenvalue weighted by molar-refractivity contribution is -0.122. The van der Waals surface area contributed by atoms with E-state index in [1.54, 1.807) is 18.2 Å². The molecule has 1 aliphatic heterocycles. The van der Waals surface area contributed by atoms with Crippen molar-refractivity contribution in [1.82, 2.24) is 4.90 Å². The van der Waals surface area contributed by atoms with Gasteiger partial charge in [0.25, 0.3) is 11.1 Å². The van der Waals surface area contributed by atoms with Crippen molar-refractivity contribution >= 4 is 40.6 Å². The Morgan fingerprint density at radius 2 is 2.08 bits per heavy atom. The first kappa shape index (κ1) is 20.4. The molecule has 0 radical (unpaired) electrons. The molecule has 0 aliphatic carbocycles. The molecule has 1 saturated heterocycles.